The molecule has 1 aromatic carbocycles. The van der Waals surface area contributed by atoms with Crippen LogP contribution in [-0.2, 0) is 25.3 Å². The highest BCUT2D eigenvalue weighted by Gasteiger charge is 2.46. The van der Waals surface area contributed by atoms with Crippen molar-refractivity contribution in [3.05, 3.63) is 42.5 Å². The number of ether oxygens (including phenoxy) is 3. The Morgan fingerprint density at radius 1 is 1.23 bits per heavy atom. The third-order valence-corrected chi connectivity index (χ3v) is 10.8. The standard InChI is InChI=1S/C24H38O5Si/c1-9-10-20(29-30(7,8)24(3,4)5)15-21-22(17(2)28-23(21)25)27-16-18-11-13-19(26-6)14-12-18/h9,11-14,17,20-22H,1,10,15-16H2,2-8H3/t17-,20+,21+,22-/m0/s1. The summed E-state index contributed by atoms with van der Waals surface area (Å²) in [4.78, 5) is 12.6. The molecule has 0 saturated carbocycles. The molecule has 5 nitrogen and oxygen atoms in total. The molecule has 1 aromatic rings. The molecule has 0 amide bonds. The van der Waals surface area contributed by atoms with Crippen molar-refractivity contribution >= 4 is 14.3 Å². The van der Waals surface area contributed by atoms with Crippen molar-refractivity contribution in [1.29, 1.82) is 0 Å². The molecule has 2 rings (SSSR count). The van der Waals surface area contributed by atoms with Crippen LogP contribution in [0.3, 0.4) is 0 Å². The first kappa shape index (κ1) is 24.6. The normalized spacial score (nSPS) is 23.2. The summed E-state index contributed by atoms with van der Waals surface area (Å²) in [5.41, 5.74) is 1.03. The predicted molar refractivity (Wildman–Crippen MR) is 122 cm³/mol. The van der Waals surface area contributed by atoms with Crippen molar-refractivity contribution in [3.63, 3.8) is 0 Å². The number of carbonyl (C=O) groups excluding carboxylic acids is 1. The van der Waals surface area contributed by atoms with Gasteiger partial charge in [-0.2, -0.15) is 0 Å². The van der Waals surface area contributed by atoms with Gasteiger partial charge < -0.3 is 18.6 Å². The van der Waals surface area contributed by atoms with Crippen LogP contribution in [0.2, 0.25) is 18.1 Å². The first-order valence-electron chi connectivity index (χ1n) is 10.7. The van der Waals surface area contributed by atoms with E-state index in [-0.39, 0.29) is 35.2 Å². The number of benzene rings is 1. The number of hydrogen-bond acceptors (Lipinski definition) is 5. The lowest BCUT2D eigenvalue weighted by Gasteiger charge is -2.39. The van der Waals surface area contributed by atoms with Crippen molar-refractivity contribution in [2.45, 2.75) is 83.6 Å². The van der Waals surface area contributed by atoms with E-state index < -0.39 is 8.32 Å². The zero-order chi connectivity index (χ0) is 22.5. The molecule has 30 heavy (non-hydrogen) atoms. The Kier molecular flexibility index (Phi) is 8.31. The molecule has 0 radical (unpaired) electrons. The van der Waals surface area contributed by atoms with Gasteiger partial charge in [-0.15, -0.1) is 6.58 Å². The van der Waals surface area contributed by atoms with Gasteiger partial charge in [0.05, 0.1) is 19.6 Å². The average Bonchev–Trinajstić information content (AvgIpc) is 2.92. The topological polar surface area (TPSA) is 54.0 Å². The van der Waals surface area contributed by atoms with E-state index in [9.17, 15) is 4.79 Å². The lowest BCUT2D eigenvalue weighted by atomic mass is 9.94. The molecular formula is C24H38O5Si. The van der Waals surface area contributed by atoms with E-state index in [0.29, 0.717) is 19.4 Å². The maximum Gasteiger partial charge on any atom is 0.312 e. The third kappa shape index (κ3) is 6.19. The van der Waals surface area contributed by atoms with Crippen molar-refractivity contribution < 1.29 is 23.4 Å². The molecular weight excluding hydrogens is 396 g/mol. The molecule has 0 aromatic heterocycles. The maximum absolute atomic E-state index is 12.6. The minimum Gasteiger partial charge on any atom is -0.497 e. The van der Waals surface area contributed by atoms with Crippen molar-refractivity contribution in [2.24, 2.45) is 5.92 Å². The number of methoxy groups -OCH3 is 1. The highest BCUT2D eigenvalue weighted by atomic mass is 28.4. The number of rotatable bonds is 10. The molecule has 4 atom stereocenters. The van der Waals surface area contributed by atoms with Gasteiger partial charge in [0.1, 0.15) is 18.0 Å². The smallest absolute Gasteiger partial charge is 0.312 e. The summed E-state index contributed by atoms with van der Waals surface area (Å²) >= 11 is 0. The van der Waals surface area contributed by atoms with Gasteiger partial charge in [0.15, 0.2) is 8.32 Å². The fraction of sp³-hybridized carbons (Fsp3) is 0.625. The minimum absolute atomic E-state index is 0.0710. The van der Waals surface area contributed by atoms with E-state index in [2.05, 4.69) is 40.4 Å². The van der Waals surface area contributed by atoms with Crippen molar-refractivity contribution in [2.75, 3.05) is 7.11 Å². The fourth-order valence-electron chi connectivity index (χ4n) is 3.45. The van der Waals surface area contributed by atoms with Crippen LogP contribution in [-0.4, -0.2) is 39.7 Å². The predicted octanol–water partition coefficient (Wildman–Crippen LogP) is 5.50. The highest BCUT2D eigenvalue weighted by molar-refractivity contribution is 6.74. The molecule has 168 valence electrons. The van der Waals surface area contributed by atoms with E-state index in [0.717, 1.165) is 11.3 Å². The van der Waals surface area contributed by atoms with Crippen LogP contribution in [0.15, 0.2) is 36.9 Å². The van der Waals surface area contributed by atoms with Crippen LogP contribution < -0.4 is 4.74 Å². The molecule has 0 N–H and O–H groups in total. The zero-order valence-electron chi connectivity index (χ0n) is 19.6. The van der Waals surface area contributed by atoms with Crippen LogP contribution in [0.25, 0.3) is 0 Å². The van der Waals surface area contributed by atoms with Crippen LogP contribution in [0, 0.1) is 5.92 Å². The molecule has 0 unspecified atom stereocenters. The number of hydrogen-bond donors (Lipinski definition) is 0. The first-order valence-corrected chi connectivity index (χ1v) is 13.6. The fourth-order valence-corrected chi connectivity index (χ4v) is 4.83. The van der Waals surface area contributed by atoms with Gasteiger partial charge in [0.25, 0.3) is 0 Å². The Bertz CT molecular complexity index is 707. The number of esters is 1. The van der Waals surface area contributed by atoms with Crippen LogP contribution in [0.4, 0.5) is 0 Å². The van der Waals surface area contributed by atoms with Crippen LogP contribution in [0.5, 0.6) is 5.75 Å². The Balaban J connectivity index is 2.08. The molecule has 1 saturated heterocycles. The van der Waals surface area contributed by atoms with Gasteiger partial charge in [-0.3, -0.25) is 4.79 Å². The van der Waals surface area contributed by atoms with Gasteiger partial charge >= 0.3 is 5.97 Å². The second-order valence-corrected chi connectivity index (χ2v) is 14.4. The number of cyclic esters (lactones) is 1. The molecule has 0 spiro atoms. The summed E-state index contributed by atoms with van der Waals surface area (Å²) in [5.74, 6) is 0.266. The van der Waals surface area contributed by atoms with Crippen molar-refractivity contribution in [3.8, 4) is 5.75 Å². The van der Waals surface area contributed by atoms with Crippen molar-refractivity contribution in [1.82, 2.24) is 0 Å². The summed E-state index contributed by atoms with van der Waals surface area (Å²) in [7, 11) is -0.327. The molecule has 1 fully saturated rings. The van der Waals surface area contributed by atoms with Gasteiger partial charge in [-0.1, -0.05) is 39.0 Å². The first-order chi connectivity index (χ1) is 14.0. The van der Waals surface area contributed by atoms with E-state index in [1.165, 1.54) is 0 Å². The summed E-state index contributed by atoms with van der Waals surface area (Å²) in [6, 6.07) is 7.75. The van der Waals surface area contributed by atoms with Gasteiger partial charge in [-0.05, 0) is 55.6 Å². The summed E-state index contributed by atoms with van der Waals surface area (Å²) in [6.07, 6.45) is 2.51. The van der Waals surface area contributed by atoms with Gasteiger partial charge in [0.2, 0.25) is 0 Å². The molecule has 1 heterocycles. The second-order valence-electron chi connectivity index (χ2n) is 9.63. The summed E-state index contributed by atoms with van der Waals surface area (Å²) < 4.78 is 23.5. The average molecular weight is 435 g/mol. The Labute approximate surface area is 182 Å². The Morgan fingerprint density at radius 3 is 2.40 bits per heavy atom. The highest BCUT2D eigenvalue weighted by Crippen LogP contribution is 2.39. The SMILES string of the molecule is C=CC[C@H](C[C@H]1C(=O)O[C@@H](C)[C@@H]1OCc1ccc(OC)cc1)O[Si](C)(C)C(C)(C)C. The van der Waals surface area contributed by atoms with Crippen LogP contribution >= 0.6 is 0 Å². The maximum atomic E-state index is 12.6. The molecule has 1 aliphatic rings. The molecule has 6 heteroatoms. The number of carbonyl (C=O) groups is 1. The van der Waals surface area contributed by atoms with Gasteiger partial charge in [0, 0.05) is 6.10 Å². The monoisotopic (exact) mass is 434 g/mol. The second kappa shape index (κ2) is 10.1. The third-order valence-electron chi connectivity index (χ3n) is 6.28. The van der Waals surface area contributed by atoms with Crippen LogP contribution in [0.1, 0.15) is 46.1 Å². The molecule has 0 aliphatic carbocycles. The lowest BCUT2D eigenvalue weighted by Crippen LogP contribution is -2.45. The quantitative estimate of drug-likeness (QED) is 0.276. The van der Waals surface area contributed by atoms with E-state index in [1.807, 2.05) is 37.3 Å². The minimum atomic E-state index is -1.97. The molecule has 1 aliphatic heterocycles. The van der Waals surface area contributed by atoms with E-state index in [4.69, 9.17) is 18.6 Å². The van der Waals surface area contributed by atoms with E-state index >= 15 is 0 Å². The van der Waals surface area contributed by atoms with Gasteiger partial charge in [-0.25, -0.2) is 0 Å². The van der Waals surface area contributed by atoms with E-state index in [1.54, 1.807) is 7.11 Å². The summed E-state index contributed by atoms with van der Waals surface area (Å²) in [6.45, 7) is 17.3. The largest absolute Gasteiger partial charge is 0.497 e. The lowest BCUT2D eigenvalue weighted by molar-refractivity contribution is -0.144. The Hall–Kier alpha value is -1.63. The zero-order valence-corrected chi connectivity index (χ0v) is 20.6. The Morgan fingerprint density at radius 2 is 1.87 bits per heavy atom. The molecule has 0 bridgehead atoms. The summed E-state index contributed by atoms with van der Waals surface area (Å²) in [5, 5.41) is 0.0974.